The van der Waals surface area contributed by atoms with Gasteiger partial charge in [0, 0.05) is 11.0 Å². The van der Waals surface area contributed by atoms with Gasteiger partial charge in [0.2, 0.25) is 0 Å². The zero-order valence-corrected chi connectivity index (χ0v) is 12.6. The van der Waals surface area contributed by atoms with Crippen molar-refractivity contribution in [2.45, 2.75) is 31.8 Å². The average Bonchev–Trinajstić information content (AvgIpc) is 2.89. The molecule has 1 aromatic carbocycles. The maximum absolute atomic E-state index is 6.11. The highest BCUT2D eigenvalue weighted by molar-refractivity contribution is 9.10. The number of halogens is 1. The van der Waals surface area contributed by atoms with Gasteiger partial charge in [-0.2, -0.15) is 0 Å². The number of rotatable bonds is 6. The second kappa shape index (κ2) is 7.27. The van der Waals surface area contributed by atoms with Crippen LogP contribution in [0.4, 0.5) is 0 Å². The molecule has 0 saturated heterocycles. The zero-order valence-electron chi connectivity index (χ0n) is 11.0. The molecular formula is C15H22BrNO. The second-order valence-corrected chi connectivity index (χ2v) is 6.00. The Morgan fingerprint density at radius 3 is 2.56 bits per heavy atom. The van der Waals surface area contributed by atoms with E-state index in [9.17, 15) is 0 Å². The largest absolute Gasteiger partial charge is 0.372 e. The molecule has 0 spiro atoms. The molecule has 1 unspecified atom stereocenters. The number of nitrogens with one attached hydrogen (secondary N) is 1. The van der Waals surface area contributed by atoms with Crippen molar-refractivity contribution in [2.75, 3.05) is 20.2 Å². The molecular weight excluding hydrogens is 290 g/mol. The molecule has 0 amide bonds. The summed E-state index contributed by atoms with van der Waals surface area (Å²) in [5, 5.41) is 3.22. The molecule has 1 saturated carbocycles. The Morgan fingerprint density at radius 1 is 1.28 bits per heavy atom. The highest BCUT2D eigenvalue weighted by Crippen LogP contribution is 2.27. The van der Waals surface area contributed by atoms with Crippen LogP contribution in [0.3, 0.4) is 0 Å². The minimum absolute atomic E-state index is 0.170. The van der Waals surface area contributed by atoms with Crippen LogP contribution in [0.25, 0.3) is 0 Å². The van der Waals surface area contributed by atoms with Gasteiger partial charge in [-0.3, -0.25) is 0 Å². The third kappa shape index (κ3) is 4.08. The standard InChI is InChI=1S/C15H22BrNO/c1-17-10-15(13-6-8-14(16)9-7-13)18-11-12-4-2-3-5-12/h6-9,12,15,17H,2-5,10-11H2,1H3. The summed E-state index contributed by atoms with van der Waals surface area (Å²) in [6.45, 7) is 1.77. The molecule has 0 bridgehead atoms. The predicted octanol–water partition coefficient (Wildman–Crippen LogP) is 3.92. The number of hydrogen-bond donors (Lipinski definition) is 1. The van der Waals surface area contributed by atoms with Crippen LogP contribution in [-0.4, -0.2) is 20.2 Å². The SMILES string of the molecule is CNCC(OCC1CCCC1)c1ccc(Br)cc1. The summed E-state index contributed by atoms with van der Waals surface area (Å²) in [7, 11) is 1.98. The molecule has 2 rings (SSSR count). The topological polar surface area (TPSA) is 21.3 Å². The lowest BCUT2D eigenvalue weighted by Gasteiger charge is -2.20. The van der Waals surface area contributed by atoms with E-state index in [1.54, 1.807) is 0 Å². The van der Waals surface area contributed by atoms with Crippen molar-refractivity contribution >= 4 is 15.9 Å². The monoisotopic (exact) mass is 311 g/mol. The molecule has 1 atom stereocenters. The van der Waals surface area contributed by atoms with Gasteiger partial charge in [-0.15, -0.1) is 0 Å². The van der Waals surface area contributed by atoms with Crippen LogP contribution in [0, 0.1) is 5.92 Å². The Kier molecular flexibility index (Phi) is 5.67. The van der Waals surface area contributed by atoms with Gasteiger partial charge < -0.3 is 10.1 Å². The molecule has 1 fully saturated rings. The Bertz CT molecular complexity index is 346. The van der Waals surface area contributed by atoms with Crippen LogP contribution >= 0.6 is 15.9 Å². The van der Waals surface area contributed by atoms with Crippen LogP contribution < -0.4 is 5.32 Å². The fourth-order valence-electron chi connectivity index (χ4n) is 2.57. The van der Waals surface area contributed by atoms with Crippen molar-refractivity contribution in [1.82, 2.24) is 5.32 Å². The van der Waals surface area contributed by atoms with E-state index >= 15 is 0 Å². The van der Waals surface area contributed by atoms with Gasteiger partial charge in [-0.05, 0) is 43.5 Å². The first-order valence-corrected chi connectivity index (χ1v) is 7.60. The Labute approximate surface area is 118 Å². The number of hydrogen-bond acceptors (Lipinski definition) is 2. The zero-order chi connectivity index (χ0) is 12.8. The molecule has 0 aliphatic heterocycles. The molecule has 18 heavy (non-hydrogen) atoms. The highest BCUT2D eigenvalue weighted by atomic mass is 79.9. The average molecular weight is 312 g/mol. The molecule has 1 aliphatic rings. The summed E-state index contributed by atoms with van der Waals surface area (Å²) in [5.74, 6) is 0.778. The van der Waals surface area contributed by atoms with Crippen LogP contribution in [-0.2, 0) is 4.74 Å². The van der Waals surface area contributed by atoms with Gasteiger partial charge in [-0.25, -0.2) is 0 Å². The number of ether oxygens (including phenoxy) is 1. The lowest BCUT2D eigenvalue weighted by molar-refractivity contribution is 0.0306. The van der Waals surface area contributed by atoms with E-state index < -0.39 is 0 Å². The van der Waals surface area contributed by atoms with Crippen molar-refractivity contribution < 1.29 is 4.74 Å². The normalized spacial score (nSPS) is 18.1. The van der Waals surface area contributed by atoms with Gasteiger partial charge in [0.05, 0.1) is 12.7 Å². The molecule has 0 aromatic heterocycles. The van der Waals surface area contributed by atoms with E-state index in [0.29, 0.717) is 0 Å². The van der Waals surface area contributed by atoms with E-state index in [4.69, 9.17) is 4.74 Å². The van der Waals surface area contributed by atoms with E-state index in [1.807, 2.05) is 7.05 Å². The van der Waals surface area contributed by atoms with Gasteiger partial charge in [0.25, 0.3) is 0 Å². The van der Waals surface area contributed by atoms with Crippen molar-refractivity contribution in [1.29, 1.82) is 0 Å². The van der Waals surface area contributed by atoms with Gasteiger partial charge in [-0.1, -0.05) is 40.9 Å². The van der Waals surface area contributed by atoms with Crippen molar-refractivity contribution in [3.63, 3.8) is 0 Å². The quantitative estimate of drug-likeness (QED) is 0.860. The van der Waals surface area contributed by atoms with E-state index in [0.717, 1.165) is 23.5 Å². The number of benzene rings is 1. The van der Waals surface area contributed by atoms with Crippen molar-refractivity contribution in [2.24, 2.45) is 5.92 Å². The smallest absolute Gasteiger partial charge is 0.0949 e. The fraction of sp³-hybridized carbons (Fsp3) is 0.600. The molecule has 0 heterocycles. The molecule has 3 heteroatoms. The van der Waals surface area contributed by atoms with Crippen LogP contribution in [0.15, 0.2) is 28.7 Å². The minimum atomic E-state index is 0.170. The van der Waals surface area contributed by atoms with Gasteiger partial charge in [0.1, 0.15) is 0 Å². The lowest BCUT2D eigenvalue weighted by atomic mass is 10.1. The van der Waals surface area contributed by atoms with E-state index in [1.165, 1.54) is 31.2 Å². The molecule has 1 aliphatic carbocycles. The first-order valence-electron chi connectivity index (χ1n) is 6.81. The molecule has 2 nitrogen and oxygen atoms in total. The summed E-state index contributed by atoms with van der Waals surface area (Å²) < 4.78 is 7.23. The first-order chi connectivity index (χ1) is 8.79. The molecule has 1 N–H and O–H groups in total. The maximum Gasteiger partial charge on any atom is 0.0949 e. The summed E-state index contributed by atoms with van der Waals surface area (Å²) in [4.78, 5) is 0. The van der Waals surface area contributed by atoms with Gasteiger partial charge >= 0.3 is 0 Å². The van der Waals surface area contributed by atoms with Crippen LogP contribution in [0.5, 0.6) is 0 Å². The van der Waals surface area contributed by atoms with E-state index in [-0.39, 0.29) is 6.10 Å². The van der Waals surface area contributed by atoms with E-state index in [2.05, 4.69) is 45.5 Å². The fourth-order valence-corrected chi connectivity index (χ4v) is 2.83. The van der Waals surface area contributed by atoms with Crippen LogP contribution in [0.1, 0.15) is 37.4 Å². The third-order valence-corrected chi connectivity index (χ3v) is 4.17. The third-order valence-electron chi connectivity index (χ3n) is 3.64. The van der Waals surface area contributed by atoms with Crippen LogP contribution in [0.2, 0.25) is 0 Å². The minimum Gasteiger partial charge on any atom is -0.372 e. The maximum atomic E-state index is 6.11. The molecule has 1 aromatic rings. The summed E-state index contributed by atoms with van der Waals surface area (Å²) in [5.41, 5.74) is 1.26. The van der Waals surface area contributed by atoms with Crippen molar-refractivity contribution in [3.05, 3.63) is 34.3 Å². The number of likely N-dealkylation sites (N-methyl/N-ethyl adjacent to an activating group) is 1. The Morgan fingerprint density at radius 2 is 1.94 bits per heavy atom. The van der Waals surface area contributed by atoms with Gasteiger partial charge in [0.15, 0.2) is 0 Å². The molecule has 0 radical (unpaired) electrons. The Balaban J connectivity index is 1.91. The molecule has 100 valence electrons. The van der Waals surface area contributed by atoms with Crippen molar-refractivity contribution in [3.8, 4) is 0 Å². The second-order valence-electron chi connectivity index (χ2n) is 5.08. The summed E-state index contributed by atoms with van der Waals surface area (Å²) in [6, 6.07) is 8.44. The lowest BCUT2D eigenvalue weighted by Crippen LogP contribution is -2.21. The summed E-state index contributed by atoms with van der Waals surface area (Å²) in [6.07, 6.45) is 5.61. The predicted molar refractivity (Wildman–Crippen MR) is 78.7 cm³/mol. The summed E-state index contributed by atoms with van der Waals surface area (Å²) >= 11 is 3.47. The Hall–Kier alpha value is -0.380. The highest BCUT2D eigenvalue weighted by Gasteiger charge is 2.18. The first kappa shape index (κ1) is 14.0.